The number of hydrogen-bond acceptors (Lipinski definition) is 3. The van der Waals surface area contributed by atoms with Crippen molar-refractivity contribution in [2.45, 2.75) is 13.0 Å². The van der Waals surface area contributed by atoms with Crippen molar-refractivity contribution in [2.75, 3.05) is 31.5 Å². The molecular formula is C20H19F4N3O2. The maximum Gasteiger partial charge on any atom is 0.254 e. The zero-order valence-corrected chi connectivity index (χ0v) is 15.6. The van der Waals surface area contributed by atoms with Crippen LogP contribution in [0, 0.1) is 23.3 Å². The minimum absolute atomic E-state index is 0.0400. The Morgan fingerprint density at radius 3 is 2.10 bits per heavy atom. The van der Waals surface area contributed by atoms with Crippen LogP contribution in [0.25, 0.3) is 0 Å². The molecule has 1 atom stereocenters. The quantitative estimate of drug-likeness (QED) is 0.790. The molecule has 0 aliphatic carbocycles. The average molecular weight is 409 g/mol. The first-order valence-corrected chi connectivity index (χ1v) is 9.01. The van der Waals surface area contributed by atoms with E-state index in [1.165, 1.54) is 17.0 Å². The second-order valence-electron chi connectivity index (χ2n) is 6.72. The molecule has 0 spiro atoms. The first-order valence-electron chi connectivity index (χ1n) is 9.01. The normalized spacial score (nSPS) is 15.8. The van der Waals surface area contributed by atoms with E-state index in [2.05, 4.69) is 5.32 Å². The molecule has 1 heterocycles. The average Bonchev–Trinajstić information content (AvgIpc) is 2.71. The van der Waals surface area contributed by atoms with E-state index < -0.39 is 46.8 Å². The highest BCUT2D eigenvalue weighted by molar-refractivity contribution is 5.95. The Bertz CT molecular complexity index is 910. The van der Waals surface area contributed by atoms with E-state index in [0.29, 0.717) is 13.1 Å². The maximum absolute atomic E-state index is 13.7. The molecule has 1 saturated heterocycles. The van der Waals surface area contributed by atoms with Gasteiger partial charge in [-0.1, -0.05) is 6.07 Å². The highest BCUT2D eigenvalue weighted by atomic mass is 19.2. The minimum Gasteiger partial charge on any atom is -0.336 e. The van der Waals surface area contributed by atoms with Crippen LogP contribution in [0.4, 0.5) is 23.2 Å². The van der Waals surface area contributed by atoms with Crippen LogP contribution >= 0.6 is 0 Å². The summed E-state index contributed by atoms with van der Waals surface area (Å²) in [7, 11) is 0. The van der Waals surface area contributed by atoms with E-state index >= 15 is 0 Å². The molecule has 0 saturated carbocycles. The number of rotatable bonds is 4. The molecule has 3 rings (SSSR count). The number of hydrogen-bond donors (Lipinski definition) is 1. The van der Waals surface area contributed by atoms with Crippen molar-refractivity contribution < 1.29 is 27.2 Å². The second-order valence-corrected chi connectivity index (χ2v) is 6.72. The number of benzene rings is 2. The Kier molecular flexibility index (Phi) is 6.17. The van der Waals surface area contributed by atoms with Gasteiger partial charge in [-0.2, -0.15) is 0 Å². The highest BCUT2D eigenvalue weighted by Gasteiger charge is 2.29. The fourth-order valence-electron chi connectivity index (χ4n) is 3.13. The van der Waals surface area contributed by atoms with E-state index in [1.54, 1.807) is 11.8 Å². The van der Waals surface area contributed by atoms with Gasteiger partial charge in [0.1, 0.15) is 17.3 Å². The standard InChI is InChI=1S/C20H19F4N3O2/c1-12(19(28)25-18-15(22)3-2-4-16(18)23)26-7-9-27(10-8-26)20(29)13-5-6-14(21)17(24)11-13/h2-6,11-12H,7-10H2,1H3,(H,25,28). The topological polar surface area (TPSA) is 52.7 Å². The molecular weight excluding hydrogens is 390 g/mol. The van der Waals surface area contributed by atoms with Gasteiger partial charge in [-0.25, -0.2) is 17.6 Å². The van der Waals surface area contributed by atoms with Gasteiger partial charge < -0.3 is 10.2 Å². The van der Waals surface area contributed by atoms with Crippen LogP contribution in [-0.2, 0) is 4.79 Å². The summed E-state index contributed by atoms with van der Waals surface area (Å²) >= 11 is 0. The minimum atomic E-state index is -1.10. The number of anilines is 1. The predicted molar refractivity (Wildman–Crippen MR) is 98.3 cm³/mol. The summed E-state index contributed by atoms with van der Waals surface area (Å²) in [4.78, 5) is 28.1. The lowest BCUT2D eigenvalue weighted by Gasteiger charge is -2.37. The van der Waals surface area contributed by atoms with E-state index in [-0.39, 0.29) is 18.7 Å². The molecule has 0 aromatic heterocycles. The lowest BCUT2D eigenvalue weighted by Crippen LogP contribution is -2.54. The summed E-state index contributed by atoms with van der Waals surface area (Å²) in [6.07, 6.45) is 0. The number of carbonyl (C=O) groups is 2. The summed E-state index contributed by atoms with van der Waals surface area (Å²) in [6, 6.07) is 5.57. The van der Waals surface area contributed by atoms with Crippen molar-refractivity contribution in [1.82, 2.24) is 9.80 Å². The molecule has 2 amide bonds. The molecule has 154 valence electrons. The maximum atomic E-state index is 13.7. The molecule has 1 N–H and O–H groups in total. The summed E-state index contributed by atoms with van der Waals surface area (Å²) in [5.74, 6) is -4.87. The van der Waals surface area contributed by atoms with Gasteiger partial charge in [-0.3, -0.25) is 14.5 Å². The van der Waals surface area contributed by atoms with Gasteiger partial charge >= 0.3 is 0 Å². The van der Waals surface area contributed by atoms with Gasteiger partial charge in [-0.15, -0.1) is 0 Å². The van der Waals surface area contributed by atoms with Gasteiger partial charge in [0, 0.05) is 31.7 Å². The van der Waals surface area contributed by atoms with Crippen LogP contribution in [0.15, 0.2) is 36.4 Å². The molecule has 1 fully saturated rings. The third-order valence-corrected chi connectivity index (χ3v) is 4.91. The molecule has 0 bridgehead atoms. The molecule has 1 unspecified atom stereocenters. The Balaban J connectivity index is 1.59. The molecule has 2 aromatic rings. The molecule has 0 radical (unpaired) electrons. The van der Waals surface area contributed by atoms with E-state index in [1.807, 2.05) is 0 Å². The fraction of sp³-hybridized carbons (Fsp3) is 0.300. The van der Waals surface area contributed by atoms with Gasteiger partial charge in [-0.05, 0) is 37.3 Å². The van der Waals surface area contributed by atoms with E-state index in [4.69, 9.17) is 0 Å². The Morgan fingerprint density at radius 2 is 1.52 bits per heavy atom. The molecule has 9 heteroatoms. The van der Waals surface area contributed by atoms with Gasteiger partial charge in [0.15, 0.2) is 11.6 Å². The van der Waals surface area contributed by atoms with Crippen LogP contribution in [0.2, 0.25) is 0 Å². The molecule has 2 aromatic carbocycles. The number of para-hydroxylation sites is 1. The summed E-state index contributed by atoms with van der Waals surface area (Å²) < 4.78 is 53.8. The Hall–Kier alpha value is -2.94. The van der Waals surface area contributed by atoms with Crippen molar-refractivity contribution in [3.05, 3.63) is 65.2 Å². The fourth-order valence-corrected chi connectivity index (χ4v) is 3.13. The second kappa shape index (κ2) is 8.60. The molecule has 5 nitrogen and oxygen atoms in total. The van der Waals surface area contributed by atoms with Crippen LogP contribution in [-0.4, -0.2) is 53.8 Å². The summed E-state index contributed by atoms with van der Waals surface area (Å²) in [5.41, 5.74) is -0.463. The van der Waals surface area contributed by atoms with Crippen molar-refractivity contribution in [3.63, 3.8) is 0 Å². The van der Waals surface area contributed by atoms with E-state index in [9.17, 15) is 27.2 Å². The predicted octanol–water partition coefficient (Wildman–Crippen LogP) is 3.03. The highest BCUT2D eigenvalue weighted by Crippen LogP contribution is 2.19. The van der Waals surface area contributed by atoms with Gasteiger partial charge in [0.05, 0.1) is 6.04 Å². The van der Waals surface area contributed by atoms with Gasteiger partial charge in [0.2, 0.25) is 5.91 Å². The Labute approximate surface area is 164 Å². The van der Waals surface area contributed by atoms with Crippen LogP contribution in [0.1, 0.15) is 17.3 Å². The summed E-state index contributed by atoms with van der Waals surface area (Å²) in [5, 5.41) is 2.26. The molecule has 1 aliphatic heterocycles. The Morgan fingerprint density at radius 1 is 0.897 bits per heavy atom. The first-order chi connectivity index (χ1) is 13.8. The van der Waals surface area contributed by atoms with Crippen LogP contribution in [0.3, 0.4) is 0 Å². The zero-order valence-electron chi connectivity index (χ0n) is 15.6. The number of nitrogens with one attached hydrogen (secondary N) is 1. The summed E-state index contributed by atoms with van der Waals surface area (Å²) in [6.45, 7) is 2.81. The third-order valence-electron chi connectivity index (χ3n) is 4.91. The third kappa shape index (κ3) is 4.56. The molecule has 29 heavy (non-hydrogen) atoms. The zero-order chi connectivity index (χ0) is 21.1. The van der Waals surface area contributed by atoms with Gasteiger partial charge in [0.25, 0.3) is 5.91 Å². The number of halogens is 4. The SMILES string of the molecule is CC(C(=O)Nc1c(F)cccc1F)N1CCN(C(=O)c2ccc(F)c(F)c2)CC1. The monoisotopic (exact) mass is 409 g/mol. The first kappa shape index (κ1) is 20.8. The van der Waals surface area contributed by atoms with Crippen LogP contribution < -0.4 is 5.32 Å². The van der Waals surface area contributed by atoms with Crippen molar-refractivity contribution in [1.29, 1.82) is 0 Å². The number of piperazine rings is 1. The van der Waals surface area contributed by atoms with Crippen molar-refractivity contribution >= 4 is 17.5 Å². The number of carbonyl (C=O) groups excluding carboxylic acids is 2. The smallest absolute Gasteiger partial charge is 0.254 e. The largest absolute Gasteiger partial charge is 0.336 e. The number of amides is 2. The van der Waals surface area contributed by atoms with Crippen LogP contribution in [0.5, 0.6) is 0 Å². The number of nitrogens with zero attached hydrogens (tertiary/aromatic N) is 2. The molecule has 1 aliphatic rings. The van der Waals surface area contributed by atoms with Crippen molar-refractivity contribution in [2.24, 2.45) is 0 Å². The lowest BCUT2D eigenvalue weighted by molar-refractivity contribution is -0.121. The lowest BCUT2D eigenvalue weighted by atomic mass is 10.1. The van der Waals surface area contributed by atoms with Crippen molar-refractivity contribution in [3.8, 4) is 0 Å². The van der Waals surface area contributed by atoms with E-state index in [0.717, 1.165) is 24.3 Å².